The van der Waals surface area contributed by atoms with E-state index in [1.165, 1.54) is 4.88 Å². The van der Waals surface area contributed by atoms with E-state index in [1.54, 1.807) is 24.5 Å². The first kappa shape index (κ1) is 20.2. The van der Waals surface area contributed by atoms with E-state index in [0.717, 1.165) is 22.0 Å². The van der Waals surface area contributed by atoms with Crippen LogP contribution in [0.4, 0.5) is 5.69 Å². The number of rotatable bonds is 6. The zero-order chi connectivity index (χ0) is 19.1. The number of anilines is 1. The molecule has 1 heterocycles. The number of amides is 1. The highest BCUT2D eigenvalue weighted by Gasteiger charge is 2.08. The summed E-state index contributed by atoms with van der Waals surface area (Å²) in [6.07, 6.45) is 0.322. The monoisotopic (exact) mass is 393 g/mol. The predicted octanol–water partition coefficient (Wildman–Crippen LogP) is 3.42. The molecule has 140 valence electrons. The van der Waals surface area contributed by atoms with Crippen LogP contribution in [0.3, 0.4) is 0 Å². The molecule has 6 nitrogen and oxygen atoms in total. The van der Waals surface area contributed by atoms with Crippen LogP contribution in [-0.2, 0) is 11.3 Å². The molecule has 0 atom stereocenters. The number of aryl methyl sites for hydroxylation is 2. The van der Waals surface area contributed by atoms with Gasteiger partial charge in [-0.1, -0.05) is 17.7 Å². The summed E-state index contributed by atoms with van der Waals surface area (Å²) in [7, 11) is 1.70. The lowest BCUT2D eigenvalue weighted by Gasteiger charge is -2.12. The second kappa shape index (κ2) is 9.54. The zero-order valence-electron chi connectivity index (χ0n) is 15.4. The summed E-state index contributed by atoms with van der Waals surface area (Å²) in [5.41, 5.74) is 2.66. The number of benzene rings is 1. The van der Waals surface area contributed by atoms with Gasteiger partial charge in [0.2, 0.25) is 5.91 Å². The Morgan fingerprint density at radius 1 is 1.27 bits per heavy atom. The van der Waals surface area contributed by atoms with Gasteiger partial charge in [0.1, 0.15) is 5.01 Å². The highest BCUT2D eigenvalue weighted by atomic mass is 35.5. The zero-order valence-corrected chi connectivity index (χ0v) is 17.0. The third kappa shape index (κ3) is 5.71. The number of aliphatic imine (C=N–C) groups is 1. The lowest BCUT2D eigenvalue weighted by Crippen LogP contribution is -2.38. The average Bonchev–Trinajstić information content (AvgIpc) is 2.93. The molecule has 2 rings (SSSR count). The highest BCUT2D eigenvalue weighted by molar-refractivity contribution is 7.11. The second-order valence-corrected chi connectivity index (χ2v) is 7.51. The molecule has 26 heavy (non-hydrogen) atoms. The number of thiazole rings is 1. The number of hydrogen-bond acceptors (Lipinski definition) is 4. The van der Waals surface area contributed by atoms with Crippen molar-refractivity contribution in [2.24, 2.45) is 4.99 Å². The fourth-order valence-corrected chi connectivity index (χ4v) is 3.29. The smallest absolute Gasteiger partial charge is 0.226 e. The van der Waals surface area contributed by atoms with E-state index in [-0.39, 0.29) is 5.91 Å². The third-order valence-electron chi connectivity index (χ3n) is 3.89. The summed E-state index contributed by atoms with van der Waals surface area (Å²) in [5.74, 6) is 0.562. The van der Waals surface area contributed by atoms with Gasteiger partial charge in [-0.05, 0) is 38.5 Å². The molecule has 0 spiro atoms. The number of hydrogen-bond donors (Lipinski definition) is 3. The predicted molar refractivity (Wildman–Crippen MR) is 109 cm³/mol. The maximum Gasteiger partial charge on any atom is 0.226 e. The van der Waals surface area contributed by atoms with Crippen molar-refractivity contribution in [1.29, 1.82) is 0 Å². The fraction of sp³-hybridized carbons (Fsp3) is 0.389. The Kier molecular flexibility index (Phi) is 7.41. The minimum absolute atomic E-state index is 0.0792. The number of carbonyl (C=O) groups excluding carboxylic acids is 1. The summed E-state index contributed by atoms with van der Waals surface area (Å²) < 4.78 is 0. The van der Waals surface area contributed by atoms with Crippen LogP contribution in [0.2, 0.25) is 5.02 Å². The Bertz CT molecular complexity index is 783. The quantitative estimate of drug-likeness (QED) is 0.519. The molecule has 0 saturated heterocycles. The van der Waals surface area contributed by atoms with Crippen molar-refractivity contribution in [3.05, 3.63) is 44.4 Å². The van der Waals surface area contributed by atoms with E-state index in [4.69, 9.17) is 11.6 Å². The molecule has 0 unspecified atom stereocenters. The first-order valence-corrected chi connectivity index (χ1v) is 9.52. The molecule has 2 aromatic rings. The SMILES string of the molecule is CN=C(NCCC(=O)Nc1cccc(Cl)c1C)NCc1nc(C)c(C)s1. The van der Waals surface area contributed by atoms with Crippen LogP contribution in [-0.4, -0.2) is 30.4 Å². The number of aromatic nitrogens is 1. The number of carbonyl (C=O) groups is 1. The van der Waals surface area contributed by atoms with Gasteiger partial charge in [-0.25, -0.2) is 4.98 Å². The van der Waals surface area contributed by atoms with Crippen LogP contribution < -0.4 is 16.0 Å². The maximum absolute atomic E-state index is 12.1. The van der Waals surface area contributed by atoms with Gasteiger partial charge in [-0.2, -0.15) is 0 Å². The molecule has 8 heteroatoms. The summed E-state index contributed by atoms with van der Waals surface area (Å²) in [6.45, 7) is 7.02. The molecule has 0 radical (unpaired) electrons. The van der Waals surface area contributed by atoms with E-state index in [9.17, 15) is 4.79 Å². The largest absolute Gasteiger partial charge is 0.356 e. The molecule has 0 bridgehead atoms. The summed E-state index contributed by atoms with van der Waals surface area (Å²) in [4.78, 5) is 22.0. The van der Waals surface area contributed by atoms with Crippen LogP contribution in [0.5, 0.6) is 0 Å². The Morgan fingerprint density at radius 2 is 2.04 bits per heavy atom. The van der Waals surface area contributed by atoms with E-state index in [1.807, 2.05) is 26.0 Å². The van der Waals surface area contributed by atoms with Crippen molar-refractivity contribution < 1.29 is 4.79 Å². The van der Waals surface area contributed by atoms with Gasteiger partial charge in [0.25, 0.3) is 0 Å². The molecule has 1 aromatic heterocycles. The van der Waals surface area contributed by atoms with Gasteiger partial charge in [0.15, 0.2) is 5.96 Å². The van der Waals surface area contributed by atoms with Crippen molar-refractivity contribution in [2.75, 3.05) is 18.9 Å². The maximum atomic E-state index is 12.1. The topological polar surface area (TPSA) is 78.4 Å². The lowest BCUT2D eigenvalue weighted by molar-refractivity contribution is -0.116. The van der Waals surface area contributed by atoms with Crippen LogP contribution in [0, 0.1) is 20.8 Å². The molecule has 0 saturated carbocycles. The molecular weight excluding hydrogens is 370 g/mol. The normalized spacial score (nSPS) is 11.3. The third-order valence-corrected chi connectivity index (χ3v) is 5.37. The molecule has 1 aromatic carbocycles. The summed E-state index contributed by atoms with van der Waals surface area (Å²) in [5, 5.41) is 10.9. The van der Waals surface area contributed by atoms with Gasteiger partial charge < -0.3 is 16.0 Å². The second-order valence-electron chi connectivity index (χ2n) is 5.81. The van der Waals surface area contributed by atoms with E-state index < -0.39 is 0 Å². The van der Waals surface area contributed by atoms with Gasteiger partial charge in [0, 0.05) is 35.6 Å². The minimum Gasteiger partial charge on any atom is -0.356 e. The Morgan fingerprint density at radius 3 is 2.69 bits per heavy atom. The Balaban J connectivity index is 1.76. The highest BCUT2D eigenvalue weighted by Crippen LogP contribution is 2.22. The van der Waals surface area contributed by atoms with Crippen LogP contribution >= 0.6 is 22.9 Å². The fourth-order valence-electron chi connectivity index (χ4n) is 2.24. The number of nitrogens with one attached hydrogen (secondary N) is 3. The average molecular weight is 394 g/mol. The van der Waals surface area contributed by atoms with Crippen LogP contribution in [0.25, 0.3) is 0 Å². The summed E-state index contributed by atoms with van der Waals surface area (Å²) >= 11 is 7.73. The van der Waals surface area contributed by atoms with Crippen molar-refractivity contribution in [2.45, 2.75) is 33.7 Å². The first-order valence-electron chi connectivity index (χ1n) is 8.33. The number of guanidine groups is 1. The van der Waals surface area contributed by atoms with Gasteiger partial charge >= 0.3 is 0 Å². The van der Waals surface area contributed by atoms with E-state index in [0.29, 0.717) is 30.5 Å². The van der Waals surface area contributed by atoms with Gasteiger partial charge in [-0.15, -0.1) is 11.3 Å². The van der Waals surface area contributed by atoms with Gasteiger partial charge in [0.05, 0.1) is 12.2 Å². The van der Waals surface area contributed by atoms with Crippen molar-refractivity contribution in [3.63, 3.8) is 0 Å². The van der Waals surface area contributed by atoms with Crippen molar-refractivity contribution in [3.8, 4) is 0 Å². The standard InChI is InChI=1S/C18H24ClN5OS/c1-11-14(19)6-5-7-15(11)24-16(25)8-9-21-18(20-4)22-10-17-23-12(2)13(3)26-17/h5-7H,8-10H2,1-4H3,(H,24,25)(H2,20,21,22). The molecule has 3 N–H and O–H groups in total. The van der Waals surface area contributed by atoms with Crippen LogP contribution in [0.1, 0.15) is 27.6 Å². The van der Waals surface area contributed by atoms with E-state index in [2.05, 4.69) is 32.9 Å². The molecule has 0 fully saturated rings. The van der Waals surface area contributed by atoms with Gasteiger partial charge in [-0.3, -0.25) is 9.79 Å². The lowest BCUT2D eigenvalue weighted by atomic mass is 10.2. The minimum atomic E-state index is -0.0792. The molecule has 0 aliphatic heterocycles. The van der Waals surface area contributed by atoms with E-state index >= 15 is 0 Å². The first-order chi connectivity index (χ1) is 12.4. The number of nitrogens with zero attached hydrogens (tertiary/aromatic N) is 2. The Labute approximate surface area is 163 Å². The molecule has 0 aliphatic rings. The number of halogens is 1. The van der Waals surface area contributed by atoms with Crippen LogP contribution in [0.15, 0.2) is 23.2 Å². The molecule has 1 amide bonds. The Hall–Kier alpha value is -2.12. The van der Waals surface area contributed by atoms with Crippen molar-refractivity contribution >= 4 is 40.5 Å². The summed E-state index contributed by atoms with van der Waals surface area (Å²) in [6, 6.07) is 5.46. The molecular formula is C18H24ClN5OS. The van der Waals surface area contributed by atoms with Crippen molar-refractivity contribution in [1.82, 2.24) is 15.6 Å². The molecule has 0 aliphatic carbocycles.